The number of carbonyl (C=O) groups excluding carboxylic acids is 1. The Morgan fingerprint density at radius 2 is 2.13 bits per heavy atom. The predicted octanol–water partition coefficient (Wildman–Crippen LogP) is 3.15. The highest BCUT2D eigenvalue weighted by molar-refractivity contribution is 7.99. The standard InChI is InChI=1S/C20H25N5O3S3/c1-11-12(2)31-19-16(11)18(27)22-15(23-19)10-29-13(3)17(26)24-20-21-14(9-30-20)8-25-4-6-28-7-5-25/h9,13H,4-8,10H2,1-3H3,(H,21,24,26)(H,22,23,27). The zero-order valence-corrected chi connectivity index (χ0v) is 20.1. The number of amides is 1. The molecule has 1 atom stereocenters. The molecule has 0 radical (unpaired) electrons. The minimum atomic E-state index is -0.306. The Hall–Kier alpha value is -1.79. The highest BCUT2D eigenvalue weighted by atomic mass is 32.2. The van der Waals surface area contributed by atoms with E-state index >= 15 is 0 Å². The normalized spacial score (nSPS) is 16.0. The minimum Gasteiger partial charge on any atom is -0.379 e. The maximum Gasteiger partial charge on any atom is 0.259 e. The SMILES string of the molecule is Cc1sc2nc(CSC(C)C(=O)Nc3nc(CN4CCOCC4)cs3)[nH]c(=O)c2c1C. The highest BCUT2D eigenvalue weighted by Gasteiger charge is 2.18. The Kier molecular flexibility index (Phi) is 7.07. The zero-order valence-electron chi connectivity index (χ0n) is 17.7. The lowest BCUT2D eigenvalue weighted by molar-refractivity contribution is -0.115. The largest absolute Gasteiger partial charge is 0.379 e. The van der Waals surface area contributed by atoms with Crippen LogP contribution in [0.5, 0.6) is 0 Å². The third-order valence-corrected chi connectivity index (χ3v) is 8.26. The first-order valence-electron chi connectivity index (χ1n) is 10.1. The van der Waals surface area contributed by atoms with Crippen LogP contribution in [0.25, 0.3) is 10.2 Å². The Morgan fingerprint density at radius 3 is 2.90 bits per heavy atom. The average Bonchev–Trinajstić information content (AvgIpc) is 3.30. The van der Waals surface area contributed by atoms with Crippen LogP contribution < -0.4 is 10.9 Å². The molecule has 8 nitrogen and oxygen atoms in total. The Balaban J connectivity index is 1.32. The fourth-order valence-corrected chi connectivity index (χ4v) is 5.79. The molecule has 0 saturated carbocycles. The summed E-state index contributed by atoms with van der Waals surface area (Å²) in [6.45, 7) is 9.85. The number of nitrogens with one attached hydrogen (secondary N) is 2. The van der Waals surface area contributed by atoms with Crippen LogP contribution in [0.2, 0.25) is 0 Å². The summed E-state index contributed by atoms with van der Waals surface area (Å²) in [6.07, 6.45) is 0. The van der Waals surface area contributed by atoms with Crippen LogP contribution in [0, 0.1) is 13.8 Å². The van der Waals surface area contributed by atoms with Gasteiger partial charge in [0.25, 0.3) is 5.56 Å². The molecule has 166 valence electrons. The van der Waals surface area contributed by atoms with Gasteiger partial charge < -0.3 is 15.0 Å². The van der Waals surface area contributed by atoms with Gasteiger partial charge in [-0.25, -0.2) is 9.97 Å². The van der Waals surface area contributed by atoms with E-state index in [-0.39, 0.29) is 16.7 Å². The maximum atomic E-state index is 12.6. The molecule has 0 aliphatic carbocycles. The van der Waals surface area contributed by atoms with Crippen LogP contribution in [0.3, 0.4) is 0 Å². The third kappa shape index (κ3) is 5.35. The van der Waals surface area contributed by atoms with Crippen molar-refractivity contribution in [2.45, 2.75) is 38.3 Å². The van der Waals surface area contributed by atoms with Gasteiger partial charge in [-0.15, -0.1) is 34.4 Å². The quantitative estimate of drug-likeness (QED) is 0.537. The number of thiazole rings is 1. The fraction of sp³-hybridized carbons (Fsp3) is 0.500. The molecule has 0 spiro atoms. The van der Waals surface area contributed by atoms with Gasteiger partial charge in [0.2, 0.25) is 5.91 Å². The first kappa shape index (κ1) is 22.4. The summed E-state index contributed by atoms with van der Waals surface area (Å²) in [7, 11) is 0. The Morgan fingerprint density at radius 1 is 1.35 bits per heavy atom. The average molecular weight is 480 g/mol. The summed E-state index contributed by atoms with van der Waals surface area (Å²) in [4.78, 5) is 41.1. The summed E-state index contributed by atoms with van der Waals surface area (Å²) in [5.41, 5.74) is 1.83. The molecule has 11 heteroatoms. The smallest absolute Gasteiger partial charge is 0.259 e. The lowest BCUT2D eigenvalue weighted by Gasteiger charge is -2.25. The number of rotatable bonds is 7. The van der Waals surface area contributed by atoms with Gasteiger partial charge in [0.05, 0.1) is 35.3 Å². The second-order valence-electron chi connectivity index (χ2n) is 7.45. The van der Waals surface area contributed by atoms with Crippen LogP contribution in [0.1, 0.15) is 28.9 Å². The van der Waals surface area contributed by atoms with Crippen LogP contribution in [0.4, 0.5) is 5.13 Å². The summed E-state index contributed by atoms with van der Waals surface area (Å²) < 4.78 is 5.37. The summed E-state index contributed by atoms with van der Waals surface area (Å²) in [6, 6.07) is 0. The number of carbonyl (C=O) groups is 1. The monoisotopic (exact) mass is 479 g/mol. The van der Waals surface area contributed by atoms with Gasteiger partial charge in [0, 0.05) is 29.9 Å². The van der Waals surface area contributed by atoms with Gasteiger partial charge in [-0.1, -0.05) is 0 Å². The molecule has 4 heterocycles. The Bertz CT molecular complexity index is 1130. The number of aryl methyl sites for hydroxylation is 2. The van der Waals surface area contributed by atoms with Crippen molar-refractivity contribution in [2.24, 2.45) is 0 Å². The minimum absolute atomic E-state index is 0.108. The van der Waals surface area contributed by atoms with E-state index in [1.165, 1.54) is 34.4 Å². The van der Waals surface area contributed by atoms with Crippen molar-refractivity contribution in [2.75, 3.05) is 31.6 Å². The van der Waals surface area contributed by atoms with E-state index in [1.807, 2.05) is 26.2 Å². The van der Waals surface area contributed by atoms with Gasteiger partial charge >= 0.3 is 0 Å². The molecule has 1 unspecified atom stereocenters. The zero-order chi connectivity index (χ0) is 22.0. The van der Waals surface area contributed by atoms with Gasteiger partial charge in [-0.3, -0.25) is 14.5 Å². The lowest BCUT2D eigenvalue weighted by Crippen LogP contribution is -2.35. The fourth-order valence-electron chi connectivity index (χ4n) is 3.28. The van der Waals surface area contributed by atoms with Crippen molar-refractivity contribution in [3.63, 3.8) is 0 Å². The van der Waals surface area contributed by atoms with E-state index in [2.05, 4.69) is 25.2 Å². The van der Waals surface area contributed by atoms with Crippen LogP contribution >= 0.6 is 34.4 Å². The van der Waals surface area contributed by atoms with E-state index in [9.17, 15) is 9.59 Å². The number of morpholine rings is 1. The number of anilines is 1. The van der Waals surface area contributed by atoms with E-state index in [0.29, 0.717) is 22.1 Å². The van der Waals surface area contributed by atoms with Crippen molar-refractivity contribution >= 4 is 55.7 Å². The topological polar surface area (TPSA) is 100 Å². The molecule has 31 heavy (non-hydrogen) atoms. The molecule has 4 rings (SSSR count). The molecule has 1 saturated heterocycles. The van der Waals surface area contributed by atoms with Crippen molar-refractivity contribution < 1.29 is 9.53 Å². The maximum absolute atomic E-state index is 12.6. The number of H-pyrrole nitrogens is 1. The van der Waals surface area contributed by atoms with E-state index < -0.39 is 0 Å². The predicted molar refractivity (Wildman–Crippen MR) is 127 cm³/mol. The highest BCUT2D eigenvalue weighted by Crippen LogP contribution is 2.27. The van der Waals surface area contributed by atoms with Crippen LogP contribution in [-0.2, 0) is 21.8 Å². The first-order valence-corrected chi connectivity index (χ1v) is 12.8. The molecule has 0 bridgehead atoms. The molecule has 1 aliphatic heterocycles. The number of aromatic amines is 1. The molecular formula is C20H25N5O3S3. The van der Waals surface area contributed by atoms with E-state index in [0.717, 1.165) is 53.8 Å². The molecule has 3 aromatic heterocycles. The van der Waals surface area contributed by atoms with Crippen molar-refractivity contribution in [3.8, 4) is 0 Å². The Labute approximate surface area is 192 Å². The molecule has 1 aliphatic rings. The number of hydrogen-bond acceptors (Lipinski definition) is 9. The molecule has 1 fully saturated rings. The summed E-state index contributed by atoms with van der Waals surface area (Å²) in [5, 5.41) is 5.85. The number of thioether (sulfide) groups is 1. The molecule has 3 aromatic rings. The van der Waals surface area contributed by atoms with Crippen molar-refractivity contribution in [1.29, 1.82) is 0 Å². The summed E-state index contributed by atoms with van der Waals surface area (Å²) in [5.74, 6) is 0.935. The first-order chi connectivity index (χ1) is 14.9. The number of hydrogen-bond donors (Lipinski definition) is 2. The number of ether oxygens (including phenoxy) is 1. The summed E-state index contributed by atoms with van der Waals surface area (Å²) >= 11 is 4.40. The number of thiophene rings is 1. The van der Waals surface area contributed by atoms with Crippen LogP contribution in [-0.4, -0.2) is 57.3 Å². The number of fused-ring (bicyclic) bond motifs is 1. The van der Waals surface area contributed by atoms with Gasteiger partial charge in [0.15, 0.2) is 5.13 Å². The number of nitrogens with zero attached hydrogens (tertiary/aromatic N) is 3. The van der Waals surface area contributed by atoms with Gasteiger partial charge in [0.1, 0.15) is 10.7 Å². The van der Waals surface area contributed by atoms with E-state index in [4.69, 9.17) is 4.74 Å². The van der Waals surface area contributed by atoms with Crippen molar-refractivity contribution in [1.82, 2.24) is 19.9 Å². The lowest BCUT2D eigenvalue weighted by atomic mass is 10.2. The van der Waals surface area contributed by atoms with Crippen molar-refractivity contribution in [3.05, 3.63) is 37.7 Å². The van der Waals surface area contributed by atoms with Gasteiger partial charge in [-0.05, 0) is 26.3 Å². The van der Waals surface area contributed by atoms with Gasteiger partial charge in [-0.2, -0.15) is 0 Å². The molecular weight excluding hydrogens is 454 g/mol. The molecule has 2 N–H and O–H groups in total. The second kappa shape index (κ2) is 9.78. The molecule has 0 aromatic carbocycles. The third-order valence-electron chi connectivity index (χ3n) is 5.20. The van der Waals surface area contributed by atoms with E-state index in [1.54, 1.807) is 0 Å². The molecule has 1 amide bonds. The van der Waals surface area contributed by atoms with Crippen LogP contribution in [0.15, 0.2) is 10.2 Å². The second-order valence-corrected chi connectivity index (χ2v) is 10.8. The number of aromatic nitrogens is 3.